The average molecular weight is 398 g/mol. The molecule has 150 valence electrons. The van der Waals surface area contributed by atoms with E-state index in [1.807, 2.05) is 24.3 Å². The zero-order valence-electron chi connectivity index (χ0n) is 16.9. The Morgan fingerprint density at radius 3 is 2.43 bits per heavy atom. The van der Waals surface area contributed by atoms with E-state index in [0.29, 0.717) is 0 Å². The van der Waals surface area contributed by atoms with Crippen molar-refractivity contribution in [3.8, 4) is 28.7 Å². The van der Waals surface area contributed by atoms with E-state index in [9.17, 15) is 4.79 Å². The largest absolute Gasteiger partial charge is 0.478 e. The predicted octanol–water partition coefficient (Wildman–Crippen LogP) is 5.41. The minimum atomic E-state index is -0.948. The van der Waals surface area contributed by atoms with Crippen molar-refractivity contribution in [2.45, 2.75) is 6.92 Å². The van der Waals surface area contributed by atoms with Crippen molar-refractivity contribution in [2.24, 2.45) is 0 Å². The van der Waals surface area contributed by atoms with Crippen molar-refractivity contribution < 1.29 is 19.4 Å². The van der Waals surface area contributed by atoms with Gasteiger partial charge in [-0.2, -0.15) is 0 Å². The second-order valence-electron chi connectivity index (χ2n) is 6.65. The Morgan fingerprint density at radius 2 is 1.77 bits per heavy atom. The van der Waals surface area contributed by atoms with Gasteiger partial charge in [0, 0.05) is 12.7 Å². The van der Waals surface area contributed by atoms with Gasteiger partial charge >= 0.3 is 5.97 Å². The number of hydrogen-bond donors (Lipinski definition) is 1. The smallest absolute Gasteiger partial charge is 0.335 e. The van der Waals surface area contributed by atoms with Crippen LogP contribution in [0.25, 0.3) is 17.2 Å². The van der Waals surface area contributed by atoms with Gasteiger partial charge in [-0.1, -0.05) is 47.7 Å². The van der Waals surface area contributed by atoms with E-state index in [0.717, 1.165) is 28.0 Å². The number of carbonyl (C=O) groups is 1. The van der Waals surface area contributed by atoms with Gasteiger partial charge in [0.1, 0.15) is 5.75 Å². The molecule has 3 rings (SSSR count). The highest BCUT2D eigenvalue weighted by Gasteiger charge is 2.06. The minimum Gasteiger partial charge on any atom is -0.478 e. The van der Waals surface area contributed by atoms with Crippen LogP contribution in [0.15, 0.2) is 72.8 Å². The molecule has 0 aliphatic heterocycles. The molecule has 0 aliphatic rings. The van der Waals surface area contributed by atoms with Crippen molar-refractivity contribution in [3.63, 3.8) is 0 Å². The number of allylic oxidation sites excluding steroid dienone is 1. The van der Waals surface area contributed by atoms with Crippen molar-refractivity contribution >= 4 is 12.0 Å². The fourth-order valence-corrected chi connectivity index (χ4v) is 2.83. The van der Waals surface area contributed by atoms with Gasteiger partial charge < -0.3 is 14.6 Å². The van der Waals surface area contributed by atoms with Crippen LogP contribution in [0, 0.1) is 18.8 Å². The number of benzene rings is 3. The van der Waals surface area contributed by atoms with Crippen LogP contribution in [0.2, 0.25) is 0 Å². The molecular formula is C26H22O4. The summed E-state index contributed by atoms with van der Waals surface area (Å²) in [6, 6.07) is 20.7. The Hall–Kier alpha value is -3.81. The first-order valence-electron chi connectivity index (χ1n) is 9.41. The summed E-state index contributed by atoms with van der Waals surface area (Å²) in [6.07, 6.45) is 3.74. The van der Waals surface area contributed by atoms with E-state index >= 15 is 0 Å². The Labute approximate surface area is 176 Å². The summed E-state index contributed by atoms with van der Waals surface area (Å²) in [4.78, 5) is 10.9. The van der Waals surface area contributed by atoms with Crippen LogP contribution >= 0.6 is 0 Å². The van der Waals surface area contributed by atoms with Crippen molar-refractivity contribution in [3.05, 3.63) is 95.1 Å². The van der Waals surface area contributed by atoms with Gasteiger partial charge in [-0.3, -0.25) is 0 Å². The molecule has 4 nitrogen and oxygen atoms in total. The van der Waals surface area contributed by atoms with Gasteiger partial charge in [0.2, 0.25) is 0 Å². The first-order valence-corrected chi connectivity index (χ1v) is 9.41. The summed E-state index contributed by atoms with van der Waals surface area (Å²) in [5, 5.41) is 8.96. The highest BCUT2D eigenvalue weighted by Crippen LogP contribution is 2.29. The Kier molecular flexibility index (Phi) is 7.05. The average Bonchev–Trinajstić information content (AvgIpc) is 2.76. The van der Waals surface area contributed by atoms with Gasteiger partial charge in [0.05, 0.1) is 5.56 Å². The Morgan fingerprint density at radius 1 is 1.03 bits per heavy atom. The lowest BCUT2D eigenvalue weighted by Crippen LogP contribution is -1.99. The van der Waals surface area contributed by atoms with E-state index in [2.05, 4.69) is 43.0 Å². The number of carboxylic acid groups (broad SMARTS) is 1. The number of ether oxygens (including phenoxy) is 2. The number of hydrogen-bond acceptors (Lipinski definition) is 3. The van der Waals surface area contributed by atoms with E-state index in [-0.39, 0.29) is 12.4 Å². The zero-order chi connectivity index (χ0) is 21.3. The fraction of sp³-hybridized carbons (Fsp3) is 0.115. The predicted molar refractivity (Wildman–Crippen MR) is 118 cm³/mol. The maximum Gasteiger partial charge on any atom is 0.335 e. The number of carboxylic acids is 1. The number of rotatable bonds is 6. The SMILES string of the molecule is COCOc1ccc(C=CC#Cc2ccc(C(=O)O)cc2)c(-c2ccc(C)cc2)c1. The molecule has 0 saturated carbocycles. The van der Waals surface area contributed by atoms with E-state index in [1.165, 1.54) is 5.56 Å². The van der Waals surface area contributed by atoms with Gasteiger partial charge in [-0.25, -0.2) is 4.79 Å². The molecule has 30 heavy (non-hydrogen) atoms. The highest BCUT2D eigenvalue weighted by atomic mass is 16.7. The monoisotopic (exact) mass is 398 g/mol. The summed E-state index contributed by atoms with van der Waals surface area (Å²) < 4.78 is 10.6. The molecule has 0 fully saturated rings. The Balaban J connectivity index is 1.85. The lowest BCUT2D eigenvalue weighted by molar-refractivity contribution is 0.0511. The quantitative estimate of drug-likeness (QED) is 0.446. The topological polar surface area (TPSA) is 55.8 Å². The Bertz CT molecular complexity index is 1100. The van der Waals surface area contributed by atoms with E-state index in [4.69, 9.17) is 14.6 Å². The van der Waals surface area contributed by atoms with Gasteiger partial charge in [-0.05, 0) is 72.2 Å². The van der Waals surface area contributed by atoms with Crippen LogP contribution in [-0.4, -0.2) is 25.0 Å². The zero-order valence-corrected chi connectivity index (χ0v) is 16.9. The molecule has 3 aromatic carbocycles. The van der Waals surface area contributed by atoms with Gasteiger partial charge in [-0.15, -0.1) is 0 Å². The molecule has 0 spiro atoms. The van der Waals surface area contributed by atoms with Gasteiger partial charge in [0.15, 0.2) is 6.79 Å². The van der Waals surface area contributed by atoms with Crippen LogP contribution in [0.5, 0.6) is 5.75 Å². The standard InChI is InChI=1S/C26H22O4/c1-19-7-11-22(12-8-19)25-17-24(30-18-29-2)16-15-21(25)6-4-3-5-20-9-13-23(14-10-20)26(27)28/h4,6-17H,18H2,1-2H3,(H,27,28). The third-order valence-corrected chi connectivity index (χ3v) is 4.43. The molecular weight excluding hydrogens is 376 g/mol. The third-order valence-electron chi connectivity index (χ3n) is 4.43. The molecule has 0 unspecified atom stereocenters. The molecule has 0 bridgehead atoms. The summed E-state index contributed by atoms with van der Waals surface area (Å²) in [7, 11) is 1.59. The number of methoxy groups -OCH3 is 1. The van der Waals surface area contributed by atoms with E-state index < -0.39 is 5.97 Å². The van der Waals surface area contributed by atoms with E-state index in [1.54, 1.807) is 37.5 Å². The minimum absolute atomic E-state index is 0.189. The normalized spacial score (nSPS) is 10.5. The van der Waals surface area contributed by atoms with Crippen LogP contribution in [0.4, 0.5) is 0 Å². The summed E-state index contributed by atoms with van der Waals surface area (Å²) in [6.45, 7) is 2.25. The first-order chi connectivity index (χ1) is 14.6. The summed E-state index contributed by atoms with van der Waals surface area (Å²) in [5.74, 6) is 5.80. The lowest BCUT2D eigenvalue weighted by Gasteiger charge is -2.11. The van der Waals surface area contributed by atoms with Crippen molar-refractivity contribution in [2.75, 3.05) is 13.9 Å². The second kappa shape index (κ2) is 10.1. The van der Waals surface area contributed by atoms with Gasteiger partial charge in [0.25, 0.3) is 0 Å². The molecule has 3 aromatic rings. The molecule has 0 saturated heterocycles. The molecule has 0 heterocycles. The second-order valence-corrected chi connectivity index (χ2v) is 6.65. The van der Waals surface area contributed by atoms with Crippen LogP contribution < -0.4 is 4.74 Å². The fourth-order valence-electron chi connectivity index (χ4n) is 2.83. The van der Waals surface area contributed by atoms with Crippen LogP contribution in [0.3, 0.4) is 0 Å². The number of aromatic carboxylic acids is 1. The highest BCUT2D eigenvalue weighted by molar-refractivity contribution is 5.87. The molecule has 1 N–H and O–H groups in total. The molecule has 0 aliphatic carbocycles. The maximum absolute atomic E-state index is 10.9. The third kappa shape index (κ3) is 5.60. The molecule has 0 aromatic heterocycles. The molecule has 0 atom stereocenters. The summed E-state index contributed by atoms with van der Waals surface area (Å²) >= 11 is 0. The van der Waals surface area contributed by atoms with Crippen molar-refractivity contribution in [1.29, 1.82) is 0 Å². The van der Waals surface area contributed by atoms with Crippen LogP contribution in [0.1, 0.15) is 27.0 Å². The maximum atomic E-state index is 10.9. The van der Waals surface area contributed by atoms with Crippen LogP contribution in [-0.2, 0) is 4.74 Å². The molecule has 0 amide bonds. The number of aryl methyl sites for hydroxylation is 1. The lowest BCUT2D eigenvalue weighted by atomic mass is 9.98. The summed E-state index contributed by atoms with van der Waals surface area (Å²) in [5.41, 5.74) is 5.33. The molecule has 4 heteroatoms. The first kappa shape index (κ1) is 20.9. The molecule has 0 radical (unpaired) electrons. The van der Waals surface area contributed by atoms with Crippen molar-refractivity contribution in [1.82, 2.24) is 0 Å².